The van der Waals surface area contributed by atoms with Gasteiger partial charge in [0.2, 0.25) is 0 Å². The third kappa shape index (κ3) is 3.19. The van der Waals surface area contributed by atoms with Gasteiger partial charge in [-0.05, 0) is 23.8 Å². The maximum atomic E-state index is 10.9. The number of nitrogens with zero attached hydrogens (tertiary/aromatic N) is 1. The number of halogens is 1. The lowest BCUT2D eigenvalue weighted by Gasteiger charge is -2.09. The van der Waals surface area contributed by atoms with Crippen LogP contribution in [0.1, 0.15) is 5.56 Å². The van der Waals surface area contributed by atoms with Crippen LogP contribution in [0.15, 0.2) is 42.5 Å². The molecule has 0 amide bonds. The molecule has 0 atom stereocenters. The number of nitro benzene ring substituents is 1. The first kappa shape index (κ1) is 14.1. The Kier molecular flexibility index (Phi) is 4.42. The fourth-order valence-electron chi connectivity index (χ4n) is 1.79. The Morgan fingerprint density at radius 2 is 2.05 bits per heavy atom. The number of hydrogen-bond acceptors (Lipinski definition) is 4. The maximum absolute atomic E-state index is 10.9. The molecule has 0 saturated heterocycles. The number of ether oxygens (including phenoxy) is 1. The van der Waals surface area contributed by atoms with Crippen molar-refractivity contribution in [3.05, 3.63) is 63.2 Å². The molecule has 104 valence electrons. The van der Waals surface area contributed by atoms with Crippen LogP contribution in [0, 0.1) is 10.1 Å². The lowest BCUT2D eigenvalue weighted by Crippen LogP contribution is -2.01. The normalized spacial score (nSPS) is 10.1. The van der Waals surface area contributed by atoms with Crippen LogP contribution in [0.25, 0.3) is 0 Å². The summed E-state index contributed by atoms with van der Waals surface area (Å²) in [5, 5.41) is 14.7. The summed E-state index contributed by atoms with van der Waals surface area (Å²) in [6, 6.07) is 12.2. The summed E-state index contributed by atoms with van der Waals surface area (Å²) in [5.74, 6) is 0.247. The summed E-state index contributed by atoms with van der Waals surface area (Å²) >= 11 is 6.03. The number of methoxy groups -OCH3 is 1. The quantitative estimate of drug-likeness (QED) is 0.671. The number of benzene rings is 2. The molecular weight excluding hydrogens is 280 g/mol. The lowest BCUT2D eigenvalue weighted by molar-refractivity contribution is -0.385. The average molecular weight is 293 g/mol. The van der Waals surface area contributed by atoms with Crippen molar-refractivity contribution in [3.8, 4) is 5.75 Å². The van der Waals surface area contributed by atoms with E-state index in [1.54, 1.807) is 18.2 Å². The first-order valence-corrected chi connectivity index (χ1v) is 6.29. The molecule has 2 aromatic carbocycles. The highest BCUT2D eigenvalue weighted by molar-refractivity contribution is 6.33. The second-order valence-electron chi connectivity index (χ2n) is 4.10. The third-order valence-electron chi connectivity index (χ3n) is 2.80. The van der Waals surface area contributed by atoms with Gasteiger partial charge in [-0.2, -0.15) is 0 Å². The zero-order valence-corrected chi connectivity index (χ0v) is 11.6. The smallest absolute Gasteiger partial charge is 0.311 e. The molecule has 0 aliphatic carbocycles. The SMILES string of the molecule is COc1ccc(CNc2ccccc2Cl)cc1[N+](=O)[O-]. The molecule has 0 aromatic heterocycles. The van der Waals surface area contributed by atoms with Crippen molar-refractivity contribution in [1.29, 1.82) is 0 Å². The van der Waals surface area contributed by atoms with Crippen molar-refractivity contribution in [3.63, 3.8) is 0 Å². The minimum atomic E-state index is -0.460. The van der Waals surface area contributed by atoms with Crippen molar-refractivity contribution >= 4 is 23.0 Å². The number of anilines is 1. The van der Waals surface area contributed by atoms with Crippen LogP contribution in [-0.2, 0) is 6.54 Å². The summed E-state index contributed by atoms with van der Waals surface area (Å²) in [5.41, 5.74) is 1.51. The summed E-state index contributed by atoms with van der Waals surface area (Å²) in [6.45, 7) is 0.439. The molecule has 2 aromatic rings. The first-order valence-electron chi connectivity index (χ1n) is 5.91. The fourth-order valence-corrected chi connectivity index (χ4v) is 1.99. The predicted octanol–water partition coefficient (Wildman–Crippen LogP) is 3.87. The summed E-state index contributed by atoms with van der Waals surface area (Å²) in [6.07, 6.45) is 0. The monoisotopic (exact) mass is 292 g/mol. The molecule has 20 heavy (non-hydrogen) atoms. The van der Waals surface area contributed by atoms with E-state index in [2.05, 4.69) is 5.32 Å². The summed E-state index contributed by atoms with van der Waals surface area (Å²) in [7, 11) is 1.41. The van der Waals surface area contributed by atoms with Gasteiger partial charge in [0.25, 0.3) is 0 Å². The molecule has 0 spiro atoms. The van der Waals surface area contributed by atoms with E-state index >= 15 is 0 Å². The van der Waals surface area contributed by atoms with Crippen LogP contribution < -0.4 is 10.1 Å². The van der Waals surface area contributed by atoms with Gasteiger partial charge in [0.05, 0.1) is 22.7 Å². The van der Waals surface area contributed by atoms with Crippen LogP contribution in [0.5, 0.6) is 5.75 Å². The minimum Gasteiger partial charge on any atom is -0.490 e. The van der Waals surface area contributed by atoms with Gasteiger partial charge in [0.1, 0.15) is 0 Å². The van der Waals surface area contributed by atoms with E-state index in [4.69, 9.17) is 16.3 Å². The Morgan fingerprint density at radius 1 is 1.30 bits per heavy atom. The van der Waals surface area contributed by atoms with Gasteiger partial charge in [-0.3, -0.25) is 10.1 Å². The van der Waals surface area contributed by atoms with E-state index in [0.29, 0.717) is 11.6 Å². The summed E-state index contributed by atoms with van der Waals surface area (Å²) in [4.78, 5) is 10.5. The minimum absolute atomic E-state index is 0.0500. The van der Waals surface area contributed by atoms with E-state index in [-0.39, 0.29) is 11.4 Å². The number of nitro groups is 1. The van der Waals surface area contributed by atoms with E-state index in [1.165, 1.54) is 13.2 Å². The maximum Gasteiger partial charge on any atom is 0.311 e. The van der Waals surface area contributed by atoms with Gasteiger partial charge < -0.3 is 10.1 Å². The lowest BCUT2D eigenvalue weighted by atomic mass is 10.2. The van der Waals surface area contributed by atoms with Gasteiger partial charge in [-0.1, -0.05) is 29.8 Å². The molecule has 0 aliphatic rings. The second kappa shape index (κ2) is 6.25. The Bertz CT molecular complexity index is 632. The Balaban J connectivity index is 2.16. The zero-order valence-electron chi connectivity index (χ0n) is 10.8. The molecule has 0 fully saturated rings. The van der Waals surface area contributed by atoms with E-state index < -0.39 is 4.92 Å². The molecule has 0 radical (unpaired) electrons. The van der Waals surface area contributed by atoms with Crippen molar-refractivity contribution in [2.75, 3.05) is 12.4 Å². The van der Waals surface area contributed by atoms with Gasteiger partial charge in [-0.15, -0.1) is 0 Å². The van der Waals surface area contributed by atoms with E-state index in [1.807, 2.05) is 18.2 Å². The van der Waals surface area contributed by atoms with Crippen molar-refractivity contribution in [2.45, 2.75) is 6.54 Å². The molecule has 6 heteroatoms. The van der Waals surface area contributed by atoms with E-state index in [0.717, 1.165) is 11.3 Å². The van der Waals surface area contributed by atoms with Crippen LogP contribution in [0.4, 0.5) is 11.4 Å². The second-order valence-corrected chi connectivity index (χ2v) is 4.50. The van der Waals surface area contributed by atoms with Crippen LogP contribution >= 0.6 is 11.6 Å². The van der Waals surface area contributed by atoms with Gasteiger partial charge in [-0.25, -0.2) is 0 Å². The highest BCUT2D eigenvalue weighted by Crippen LogP contribution is 2.28. The Hall–Kier alpha value is -2.27. The highest BCUT2D eigenvalue weighted by atomic mass is 35.5. The van der Waals surface area contributed by atoms with Gasteiger partial charge in [0, 0.05) is 12.6 Å². The highest BCUT2D eigenvalue weighted by Gasteiger charge is 2.14. The van der Waals surface area contributed by atoms with Crippen LogP contribution in [0.3, 0.4) is 0 Å². The standard InChI is InChI=1S/C14H13ClN2O3/c1-20-14-7-6-10(8-13(14)17(18)19)9-16-12-5-3-2-4-11(12)15/h2-8,16H,9H2,1H3. The molecule has 0 heterocycles. The van der Waals surface area contributed by atoms with Crippen molar-refractivity contribution in [2.24, 2.45) is 0 Å². The van der Waals surface area contributed by atoms with Crippen LogP contribution in [0.2, 0.25) is 5.02 Å². The van der Waals surface area contributed by atoms with Gasteiger partial charge in [0.15, 0.2) is 5.75 Å². The Morgan fingerprint density at radius 3 is 2.70 bits per heavy atom. The van der Waals surface area contributed by atoms with Crippen molar-refractivity contribution in [1.82, 2.24) is 0 Å². The van der Waals surface area contributed by atoms with Crippen molar-refractivity contribution < 1.29 is 9.66 Å². The molecule has 1 N–H and O–H groups in total. The molecule has 0 unspecified atom stereocenters. The molecule has 0 saturated carbocycles. The van der Waals surface area contributed by atoms with Gasteiger partial charge >= 0.3 is 5.69 Å². The first-order chi connectivity index (χ1) is 9.61. The fraction of sp³-hybridized carbons (Fsp3) is 0.143. The molecule has 2 rings (SSSR count). The third-order valence-corrected chi connectivity index (χ3v) is 3.13. The number of hydrogen-bond donors (Lipinski definition) is 1. The predicted molar refractivity (Wildman–Crippen MR) is 78.4 cm³/mol. The number of nitrogens with one attached hydrogen (secondary N) is 1. The van der Waals surface area contributed by atoms with Crippen LogP contribution in [-0.4, -0.2) is 12.0 Å². The largest absolute Gasteiger partial charge is 0.490 e. The summed E-state index contributed by atoms with van der Waals surface area (Å²) < 4.78 is 4.96. The number of para-hydroxylation sites is 1. The number of rotatable bonds is 5. The molecule has 0 bridgehead atoms. The average Bonchev–Trinajstić information content (AvgIpc) is 2.46. The Labute approximate surface area is 121 Å². The molecule has 5 nitrogen and oxygen atoms in total. The molecule has 0 aliphatic heterocycles. The zero-order chi connectivity index (χ0) is 14.5. The van der Waals surface area contributed by atoms with E-state index in [9.17, 15) is 10.1 Å². The molecular formula is C14H13ClN2O3. The topological polar surface area (TPSA) is 64.4 Å².